The molecule has 0 aliphatic carbocycles. The highest BCUT2D eigenvalue weighted by Gasteiger charge is 2.19. The first-order valence-electron chi connectivity index (χ1n) is 9.98. The van der Waals surface area contributed by atoms with Crippen LogP contribution in [0.15, 0.2) is 48.5 Å². The molecule has 0 bridgehead atoms. The molecule has 1 heterocycles. The molecule has 0 atom stereocenters. The van der Waals surface area contributed by atoms with Crippen LogP contribution in [-0.4, -0.2) is 41.9 Å². The Morgan fingerprint density at radius 3 is 2.07 bits per heavy atom. The second kappa shape index (κ2) is 10.3. The third kappa shape index (κ3) is 6.51. The van der Waals surface area contributed by atoms with Gasteiger partial charge in [0.15, 0.2) is 0 Å². The minimum Gasteiger partial charge on any atom is -0.337 e. The van der Waals surface area contributed by atoms with Crippen molar-refractivity contribution in [2.75, 3.05) is 26.2 Å². The van der Waals surface area contributed by atoms with Crippen LogP contribution in [0.3, 0.4) is 0 Å². The summed E-state index contributed by atoms with van der Waals surface area (Å²) in [6.45, 7) is 6.84. The Morgan fingerprint density at radius 1 is 0.964 bits per heavy atom. The standard InChI is InChI=1S/C23H28Cl2N2O/c1-18-10-12-26(13-11-18)14-15-27(17-20-4-8-22(25)9-5-20)23(28)16-19-2-6-21(24)7-3-19/h2-9,18H,10-17H2,1H3. The first-order chi connectivity index (χ1) is 13.5. The van der Waals surface area contributed by atoms with E-state index >= 15 is 0 Å². The molecule has 1 aliphatic rings. The number of benzene rings is 2. The molecule has 0 N–H and O–H groups in total. The summed E-state index contributed by atoms with van der Waals surface area (Å²) in [7, 11) is 0. The maximum Gasteiger partial charge on any atom is 0.227 e. The van der Waals surface area contributed by atoms with Crippen LogP contribution in [0.4, 0.5) is 0 Å². The van der Waals surface area contributed by atoms with Crippen LogP contribution in [0, 0.1) is 5.92 Å². The quantitative estimate of drug-likeness (QED) is 0.608. The lowest BCUT2D eigenvalue weighted by Crippen LogP contribution is -2.41. The van der Waals surface area contributed by atoms with Crippen LogP contribution in [0.2, 0.25) is 10.0 Å². The van der Waals surface area contributed by atoms with Gasteiger partial charge in [0.1, 0.15) is 0 Å². The summed E-state index contributed by atoms with van der Waals surface area (Å²) in [5.74, 6) is 0.954. The Labute approximate surface area is 178 Å². The van der Waals surface area contributed by atoms with E-state index in [-0.39, 0.29) is 5.91 Å². The predicted octanol–water partition coefficient (Wildman–Crippen LogP) is 5.30. The van der Waals surface area contributed by atoms with E-state index in [0.717, 1.165) is 43.2 Å². The number of amides is 1. The number of carbonyl (C=O) groups is 1. The molecule has 3 rings (SSSR count). The maximum atomic E-state index is 13.0. The lowest BCUT2D eigenvalue weighted by atomic mass is 9.99. The van der Waals surface area contributed by atoms with E-state index in [0.29, 0.717) is 23.0 Å². The van der Waals surface area contributed by atoms with Gasteiger partial charge in [-0.25, -0.2) is 0 Å². The summed E-state index contributed by atoms with van der Waals surface area (Å²) in [5, 5.41) is 1.40. The van der Waals surface area contributed by atoms with Gasteiger partial charge in [-0.05, 0) is 67.2 Å². The molecule has 5 heteroatoms. The average molecular weight is 419 g/mol. The van der Waals surface area contributed by atoms with E-state index in [2.05, 4.69) is 11.8 Å². The molecule has 3 nitrogen and oxygen atoms in total. The van der Waals surface area contributed by atoms with Gasteiger partial charge in [-0.1, -0.05) is 54.4 Å². The molecule has 28 heavy (non-hydrogen) atoms. The molecule has 0 radical (unpaired) electrons. The third-order valence-corrected chi connectivity index (χ3v) is 5.97. The molecule has 2 aromatic rings. The molecular formula is C23H28Cl2N2O. The molecule has 0 aromatic heterocycles. The fourth-order valence-corrected chi connectivity index (χ4v) is 3.79. The Balaban J connectivity index is 1.64. The number of nitrogens with zero attached hydrogens (tertiary/aromatic N) is 2. The molecule has 1 aliphatic heterocycles. The topological polar surface area (TPSA) is 23.6 Å². The summed E-state index contributed by atoms with van der Waals surface area (Å²) in [5.41, 5.74) is 2.09. The zero-order valence-electron chi connectivity index (χ0n) is 16.4. The molecule has 0 spiro atoms. The molecule has 1 amide bonds. The monoisotopic (exact) mass is 418 g/mol. The van der Waals surface area contributed by atoms with Crippen LogP contribution >= 0.6 is 23.2 Å². The summed E-state index contributed by atoms with van der Waals surface area (Å²) in [6, 6.07) is 15.3. The minimum absolute atomic E-state index is 0.141. The number of piperidine rings is 1. The molecule has 2 aromatic carbocycles. The highest BCUT2D eigenvalue weighted by Crippen LogP contribution is 2.17. The molecular weight excluding hydrogens is 391 g/mol. The van der Waals surface area contributed by atoms with Crippen LogP contribution in [-0.2, 0) is 17.8 Å². The van der Waals surface area contributed by atoms with Gasteiger partial charge < -0.3 is 9.80 Å². The van der Waals surface area contributed by atoms with Crippen LogP contribution in [0.25, 0.3) is 0 Å². The largest absolute Gasteiger partial charge is 0.337 e. The summed E-state index contributed by atoms with van der Waals surface area (Å²) < 4.78 is 0. The van der Waals surface area contributed by atoms with Crippen molar-refractivity contribution in [1.29, 1.82) is 0 Å². The van der Waals surface area contributed by atoms with Gasteiger partial charge >= 0.3 is 0 Å². The number of rotatable bonds is 7. The van der Waals surface area contributed by atoms with E-state index in [1.54, 1.807) is 0 Å². The zero-order valence-corrected chi connectivity index (χ0v) is 17.9. The Bertz CT molecular complexity index is 753. The number of hydrogen-bond acceptors (Lipinski definition) is 2. The predicted molar refractivity (Wildman–Crippen MR) is 117 cm³/mol. The molecule has 0 unspecified atom stereocenters. The lowest BCUT2D eigenvalue weighted by molar-refractivity contribution is -0.131. The molecule has 1 fully saturated rings. The maximum absolute atomic E-state index is 13.0. The van der Waals surface area contributed by atoms with Crippen molar-refractivity contribution in [3.05, 3.63) is 69.7 Å². The van der Waals surface area contributed by atoms with E-state index in [4.69, 9.17) is 23.2 Å². The highest BCUT2D eigenvalue weighted by atomic mass is 35.5. The second-order valence-electron chi connectivity index (χ2n) is 7.77. The molecule has 150 valence electrons. The van der Waals surface area contributed by atoms with Gasteiger partial charge in [-0.15, -0.1) is 0 Å². The van der Waals surface area contributed by atoms with E-state index in [1.165, 1.54) is 12.8 Å². The van der Waals surface area contributed by atoms with Crippen molar-refractivity contribution in [2.24, 2.45) is 5.92 Å². The van der Waals surface area contributed by atoms with Gasteiger partial charge in [0, 0.05) is 29.7 Å². The van der Waals surface area contributed by atoms with Crippen LogP contribution in [0.1, 0.15) is 30.9 Å². The van der Waals surface area contributed by atoms with E-state index < -0.39 is 0 Å². The van der Waals surface area contributed by atoms with E-state index in [9.17, 15) is 4.79 Å². The number of carbonyl (C=O) groups excluding carboxylic acids is 1. The Kier molecular flexibility index (Phi) is 7.78. The number of likely N-dealkylation sites (tertiary alicyclic amines) is 1. The van der Waals surface area contributed by atoms with Crippen molar-refractivity contribution >= 4 is 29.1 Å². The lowest BCUT2D eigenvalue weighted by Gasteiger charge is -2.32. The fourth-order valence-electron chi connectivity index (χ4n) is 3.54. The van der Waals surface area contributed by atoms with Gasteiger partial charge in [0.2, 0.25) is 5.91 Å². The second-order valence-corrected chi connectivity index (χ2v) is 8.64. The number of hydrogen-bond donors (Lipinski definition) is 0. The minimum atomic E-state index is 0.141. The smallest absolute Gasteiger partial charge is 0.227 e. The van der Waals surface area contributed by atoms with Crippen LogP contribution in [0.5, 0.6) is 0 Å². The van der Waals surface area contributed by atoms with Gasteiger partial charge in [-0.2, -0.15) is 0 Å². The summed E-state index contributed by atoms with van der Waals surface area (Å²) in [6.07, 6.45) is 2.88. The van der Waals surface area contributed by atoms with Gasteiger partial charge in [-0.3, -0.25) is 4.79 Å². The van der Waals surface area contributed by atoms with Gasteiger partial charge in [0.25, 0.3) is 0 Å². The Hall–Kier alpha value is -1.55. The Morgan fingerprint density at radius 2 is 1.50 bits per heavy atom. The normalized spacial score (nSPS) is 15.5. The summed E-state index contributed by atoms with van der Waals surface area (Å²) in [4.78, 5) is 17.5. The van der Waals surface area contributed by atoms with Crippen molar-refractivity contribution < 1.29 is 4.79 Å². The number of halogens is 2. The van der Waals surface area contributed by atoms with Crippen molar-refractivity contribution in [3.8, 4) is 0 Å². The SMILES string of the molecule is CC1CCN(CCN(Cc2ccc(Cl)cc2)C(=O)Cc2ccc(Cl)cc2)CC1. The van der Waals surface area contributed by atoms with Crippen LogP contribution < -0.4 is 0 Å². The first kappa shape index (κ1) is 21.2. The van der Waals surface area contributed by atoms with Gasteiger partial charge in [0.05, 0.1) is 6.42 Å². The first-order valence-corrected chi connectivity index (χ1v) is 10.7. The highest BCUT2D eigenvalue weighted by molar-refractivity contribution is 6.30. The van der Waals surface area contributed by atoms with Crippen molar-refractivity contribution in [2.45, 2.75) is 32.7 Å². The van der Waals surface area contributed by atoms with E-state index in [1.807, 2.05) is 53.4 Å². The third-order valence-electron chi connectivity index (χ3n) is 5.47. The van der Waals surface area contributed by atoms with Crippen molar-refractivity contribution in [3.63, 3.8) is 0 Å². The molecule has 1 saturated heterocycles. The summed E-state index contributed by atoms with van der Waals surface area (Å²) >= 11 is 12.0. The molecule has 0 saturated carbocycles. The fraction of sp³-hybridized carbons (Fsp3) is 0.435. The zero-order chi connectivity index (χ0) is 19.9. The average Bonchev–Trinajstić information content (AvgIpc) is 2.69. The van der Waals surface area contributed by atoms with Crippen molar-refractivity contribution in [1.82, 2.24) is 9.80 Å².